The Morgan fingerprint density at radius 2 is 1.69 bits per heavy atom. The maximum Gasteiger partial charge on any atom is 0.0443 e. The molecule has 96 valence electrons. The molecule has 1 fully saturated rings. The molecule has 1 aliphatic carbocycles. The fraction of sp³-hybridized carbons (Fsp3) is 1.00. The van der Waals surface area contributed by atoms with Crippen molar-refractivity contribution in [1.29, 1.82) is 0 Å². The van der Waals surface area contributed by atoms with Gasteiger partial charge < -0.3 is 5.11 Å². The Labute approximate surface area is 101 Å². The van der Waals surface area contributed by atoms with Crippen LogP contribution in [0.4, 0.5) is 0 Å². The monoisotopic (exact) mass is 227 g/mol. The van der Waals surface area contributed by atoms with E-state index in [-0.39, 0.29) is 0 Å². The van der Waals surface area contributed by atoms with E-state index in [9.17, 15) is 0 Å². The zero-order chi connectivity index (χ0) is 12.1. The van der Waals surface area contributed by atoms with E-state index in [1.165, 1.54) is 19.3 Å². The van der Waals surface area contributed by atoms with Gasteiger partial charge in [-0.1, -0.05) is 13.8 Å². The molecule has 0 amide bonds. The number of aliphatic hydroxyl groups is 1. The van der Waals surface area contributed by atoms with Gasteiger partial charge in [-0.2, -0.15) is 0 Å². The summed E-state index contributed by atoms with van der Waals surface area (Å²) in [6.07, 6.45) is 4.99. The van der Waals surface area contributed by atoms with Gasteiger partial charge in [-0.25, -0.2) is 0 Å². The van der Waals surface area contributed by atoms with Crippen molar-refractivity contribution in [3.63, 3.8) is 0 Å². The summed E-state index contributed by atoms with van der Waals surface area (Å²) in [5, 5.41) is 8.97. The summed E-state index contributed by atoms with van der Waals surface area (Å²) in [4.78, 5) is 2.60. The standard InChI is InChI=1S/C14H29NO/c1-11(2)15(6-5-7-16)14-9-12(3)8-13(4)10-14/h11-14,16H,5-10H2,1-4H3. The molecular weight excluding hydrogens is 198 g/mol. The van der Waals surface area contributed by atoms with E-state index in [1.807, 2.05) is 0 Å². The maximum absolute atomic E-state index is 8.97. The molecule has 1 aliphatic rings. The number of rotatable bonds is 5. The first-order valence-electron chi connectivity index (χ1n) is 6.91. The first-order valence-corrected chi connectivity index (χ1v) is 6.91. The molecule has 0 saturated heterocycles. The Kier molecular flexibility index (Phi) is 5.77. The van der Waals surface area contributed by atoms with Crippen LogP contribution in [-0.4, -0.2) is 35.2 Å². The van der Waals surface area contributed by atoms with Gasteiger partial charge >= 0.3 is 0 Å². The molecule has 0 aromatic heterocycles. The minimum Gasteiger partial charge on any atom is -0.396 e. The summed E-state index contributed by atoms with van der Waals surface area (Å²) in [6.45, 7) is 10.7. The topological polar surface area (TPSA) is 23.5 Å². The molecule has 0 aliphatic heterocycles. The second kappa shape index (κ2) is 6.61. The van der Waals surface area contributed by atoms with Crippen molar-refractivity contribution in [1.82, 2.24) is 4.90 Å². The van der Waals surface area contributed by atoms with E-state index in [1.54, 1.807) is 0 Å². The van der Waals surface area contributed by atoms with Crippen LogP contribution in [0.3, 0.4) is 0 Å². The zero-order valence-electron chi connectivity index (χ0n) is 11.4. The molecule has 0 aromatic rings. The van der Waals surface area contributed by atoms with Gasteiger partial charge in [-0.3, -0.25) is 4.90 Å². The van der Waals surface area contributed by atoms with Gasteiger partial charge in [0.25, 0.3) is 0 Å². The molecule has 2 nitrogen and oxygen atoms in total. The lowest BCUT2D eigenvalue weighted by Gasteiger charge is -2.41. The summed E-state index contributed by atoms with van der Waals surface area (Å²) in [7, 11) is 0. The second-order valence-electron chi connectivity index (χ2n) is 5.98. The van der Waals surface area contributed by atoms with Crippen molar-refractivity contribution >= 4 is 0 Å². The number of hydrogen-bond donors (Lipinski definition) is 1. The number of nitrogens with zero attached hydrogens (tertiary/aromatic N) is 1. The Hall–Kier alpha value is -0.0800. The van der Waals surface area contributed by atoms with Crippen LogP contribution in [-0.2, 0) is 0 Å². The van der Waals surface area contributed by atoms with Crippen LogP contribution in [0.1, 0.15) is 53.4 Å². The molecule has 1 rings (SSSR count). The van der Waals surface area contributed by atoms with Gasteiger partial charge in [0, 0.05) is 25.2 Å². The van der Waals surface area contributed by atoms with E-state index in [2.05, 4.69) is 32.6 Å². The van der Waals surface area contributed by atoms with E-state index in [0.29, 0.717) is 12.6 Å². The Balaban J connectivity index is 2.55. The van der Waals surface area contributed by atoms with Crippen LogP contribution in [0.5, 0.6) is 0 Å². The lowest BCUT2D eigenvalue weighted by atomic mass is 9.79. The minimum absolute atomic E-state index is 0.320. The molecule has 16 heavy (non-hydrogen) atoms. The van der Waals surface area contributed by atoms with Crippen LogP contribution >= 0.6 is 0 Å². The van der Waals surface area contributed by atoms with Crippen molar-refractivity contribution in [2.24, 2.45) is 11.8 Å². The highest BCUT2D eigenvalue weighted by Gasteiger charge is 2.29. The molecule has 1 saturated carbocycles. The highest BCUT2D eigenvalue weighted by molar-refractivity contribution is 4.83. The van der Waals surface area contributed by atoms with E-state index in [4.69, 9.17) is 5.11 Å². The summed E-state index contributed by atoms with van der Waals surface area (Å²) in [5.74, 6) is 1.73. The Morgan fingerprint density at radius 1 is 1.12 bits per heavy atom. The van der Waals surface area contributed by atoms with Crippen molar-refractivity contribution in [3.05, 3.63) is 0 Å². The van der Waals surface area contributed by atoms with Crippen LogP contribution < -0.4 is 0 Å². The predicted octanol–water partition coefficient (Wildman–Crippen LogP) is 2.90. The summed E-state index contributed by atoms with van der Waals surface area (Å²) in [5.41, 5.74) is 0. The molecule has 0 heterocycles. The molecule has 1 N–H and O–H groups in total. The maximum atomic E-state index is 8.97. The molecule has 0 aromatic carbocycles. The third-order valence-corrected chi connectivity index (χ3v) is 3.86. The van der Waals surface area contributed by atoms with Crippen molar-refractivity contribution < 1.29 is 5.11 Å². The first kappa shape index (κ1) is 14.0. The molecule has 2 unspecified atom stereocenters. The van der Waals surface area contributed by atoms with Crippen molar-refractivity contribution in [2.45, 2.75) is 65.5 Å². The Bertz CT molecular complexity index is 183. The fourth-order valence-corrected chi connectivity index (χ4v) is 3.29. The number of aliphatic hydroxyl groups excluding tert-OH is 1. The lowest BCUT2D eigenvalue weighted by molar-refractivity contribution is 0.0765. The van der Waals surface area contributed by atoms with Gasteiger partial charge in [0.2, 0.25) is 0 Å². The average Bonchev–Trinajstić information content (AvgIpc) is 2.16. The third kappa shape index (κ3) is 4.06. The lowest BCUT2D eigenvalue weighted by Crippen LogP contribution is -2.45. The Morgan fingerprint density at radius 3 is 2.12 bits per heavy atom. The normalized spacial score (nSPS) is 31.3. The molecule has 2 heteroatoms. The van der Waals surface area contributed by atoms with E-state index >= 15 is 0 Å². The van der Waals surface area contributed by atoms with Gasteiger partial charge in [-0.15, -0.1) is 0 Å². The molecule has 2 atom stereocenters. The molecule has 0 radical (unpaired) electrons. The van der Waals surface area contributed by atoms with Gasteiger partial charge in [0.15, 0.2) is 0 Å². The smallest absolute Gasteiger partial charge is 0.0443 e. The second-order valence-corrected chi connectivity index (χ2v) is 5.98. The van der Waals surface area contributed by atoms with E-state index in [0.717, 1.165) is 30.8 Å². The van der Waals surface area contributed by atoms with Gasteiger partial charge in [0.05, 0.1) is 0 Å². The first-order chi connectivity index (χ1) is 7.54. The fourth-order valence-electron chi connectivity index (χ4n) is 3.29. The number of hydrogen-bond acceptors (Lipinski definition) is 2. The van der Waals surface area contributed by atoms with Gasteiger partial charge in [0.1, 0.15) is 0 Å². The highest BCUT2D eigenvalue weighted by Crippen LogP contribution is 2.32. The summed E-state index contributed by atoms with van der Waals surface area (Å²) in [6, 6.07) is 1.35. The van der Waals surface area contributed by atoms with Crippen LogP contribution in [0, 0.1) is 11.8 Å². The quantitative estimate of drug-likeness (QED) is 0.780. The summed E-state index contributed by atoms with van der Waals surface area (Å²) >= 11 is 0. The molecule has 0 bridgehead atoms. The van der Waals surface area contributed by atoms with Crippen LogP contribution in [0.25, 0.3) is 0 Å². The van der Waals surface area contributed by atoms with Gasteiger partial charge in [-0.05, 0) is 51.4 Å². The zero-order valence-corrected chi connectivity index (χ0v) is 11.4. The molecule has 0 spiro atoms. The van der Waals surface area contributed by atoms with Crippen molar-refractivity contribution in [3.8, 4) is 0 Å². The largest absolute Gasteiger partial charge is 0.396 e. The van der Waals surface area contributed by atoms with Crippen LogP contribution in [0.2, 0.25) is 0 Å². The van der Waals surface area contributed by atoms with E-state index < -0.39 is 0 Å². The predicted molar refractivity (Wildman–Crippen MR) is 69.5 cm³/mol. The minimum atomic E-state index is 0.320. The molecular formula is C14H29NO. The summed E-state index contributed by atoms with van der Waals surface area (Å²) < 4.78 is 0. The van der Waals surface area contributed by atoms with Crippen LogP contribution in [0.15, 0.2) is 0 Å². The third-order valence-electron chi connectivity index (χ3n) is 3.86. The van der Waals surface area contributed by atoms with Crippen molar-refractivity contribution in [2.75, 3.05) is 13.2 Å². The SMILES string of the molecule is CC1CC(C)CC(N(CCCO)C(C)C)C1. The average molecular weight is 227 g/mol. The highest BCUT2D eigenvalue weighted by atomic mass is 16.3.